The average Bonchev–Trinajstić information content (AvgIpc) is 2.36. The number of carbonyl (C=O) groups is 1. The Bertz CT molecular complexity index is 522. The molecule has 0 fully saturated rings. The molecule has 1 aromatic carbocycles. The molecule has 0 aliphatic carbocycles. The van der Waals surface area contributed by atoms with Crippen LogP contribution in [0.15, 0.2) is 30.5 Å². The minimum atomic E-state index is -0.112. The molecular weight excluding hydrogens is 202 g/mol. The van der Waals surface area contributed by atoms with Crippen LogP contribution in [0.1, 0.15) is 18.4 Å². The minimum absolute atomic E-state index is 0.112. The Morgan fingerprint density at radius 3 is 2.88 bits per heavy atom. The van der Waals surface area contributed by atoms with Crippen molar-refractivity contribution in [1.82, 2.24) is 4.98 Å². The van der Waals surface area contributed by atoms with E-state index >= 15 is 0 Å². The van der Waals surface area contributed by atoms with Crippen LogP contribution in [0, 0.1) is 0 Å². The summed E-state index contributed by atoms with van der Waals surface area (Å²) < 4.78 is 5.14. The third-order valence-corrected chi connectivity index (χ3v) is 2.68. The third kappa shape index (κ3) is 1.76. The van der Waals surface area contributed by atoms with E-state index in [1.54, 1.807) is 13.3 Å². The largest absolute Gasteiger partial charge is 0.497 e. The Kier molecular flexibility index (Phi) is 2.86. The second-order valence-electron chi connectivity index (χ2n) is 3.71. The van der Waals surface area contributed by atoms with E-state index in [2.05, 4.69) is 4.98 Å². The molecule has 0 saturated heterocycles. The molecule has 2 rings (SSSR count). The van der Waals surface area contributed by atoms with Crippen LogP contribution in [0.3, 0.4) is 0 Å². The van der Waals surface area contributed by atoms with Crippen LogP contribution in [0.2, 0.25) is 0 Å². The number of aromatic nitrogens is 1. The second-order valence-corrected chi connectivity index (χ2v) is 3.71. The number of benzene rings is 1. The number of rotatable bonds is 3. The van der Waals surface area contributed by atoms with Gasteiger partial charge in [0, 0.05) is 23.6 Å². The highest BCUT2D eigenvalue weighted by Gasteiger charge is 2.09. The molecule has 1 unspecified atom stereocenters. The van der Waals surface area contributed by atoms with Gasteiger partial charge in [-0.3, -0.25) is 4.98 Å². The normalized spacial score (nSPS) is 12.4. The first-order chi connectivity index (χ1) is 7.76. The zero-order valence-corrected chi connectivity index (χ0v) is 9.31. The fourth-order valence-corrected chi connectivity index (χ4v) is 1.75. The molecule has 0 amide bonds. The van der Waals surface area contributed by atoms with E-state index in [1.165, 1.54) is 0 Å². The van der Waals surface area contributed by atoms with Crippen molar-refractivity contribution >= 4 is 17.2 Å². The van der Waals surface area contributed by atoms with Crippen molar-refractivity contribution in [3.63, 3.8) is 0 Å². The third-order valence-electron chi connectivity index (χ3n) is 2.68. The van der Waals surface area contributed by atoms with Crippen molar-refractivity contribution in [2.45, 2.75) is 12.8 Å². The number of carbonyl (C=O) groups excluding carboxylic acids is 1. The lowest BCUT2D eigenvalue weighted by Crippen LogP contribution is -1.96. The van der Waals surface area contributed by atoms with Gasteiger partial charge in [-0.25, -0.2) is 0 Å². The summed E-state index contributed by atoms with van der Waals surface area (Å²) in [5.41, 5.74) is 1.85. The maximum Gasteiger partial charge on any atom is 0.127 e. The zero-order valence-electron chi connectivity index (χ0n) is 9.31. The van der Waals surface area contributed by atoms with Crippen LogP contribution in [0.4, 0.5) is 0 Å². The van der Waals surface area contributed by atoms with Gasteiger partial charge in [0.15, 0.2) is 0 Å². The molecule has 0 radical (unpaired) electrons. The van der Waals surface area contributed by atoms with Gasteiger partial charge in [-0.05, 0) is 23.8 Å². The molecule has 3 heteroatoms. The quantitative estimate of drug-likeness (QED) is 0.738. The number of hydrogen-bond donors (Lipinski definition) is 0. The van der Waals surface area contributed by atoms with E-state index in [9.17, 15) is 4.79 Å². The smallest absolute Gasteiger partial charge is 0.127 e. The van der Waals surface area contributed by atoms with Crippen molar-refractivity contribution in [3.05, 3.63) is 36.0 Å². The van der Waals surface area contributed by atoms with E-state index in [0.717, 1.165) is 28.5 Å². The topological polar surface area (TPSA) is 39.2 Å². The van der Waals surface area contributed by atoms with Gasteiger partial charge in [0.25, 0.3) is 0 Å². The van der Waals surface area contributed by atoms with Gasteiger partial charge >= 0.3 is 0 Å². The minimum Gasteiger partial charge on any atom is -0.497 e. The molecule has 2 aromatic rings. The van der Waals surface area contributed by atoms with Gasteiger partial charge in [0.1, 0.15) is 12.0 Å². The number of methoxy groups -OCH3 is 1. The van der Waals surface area contributed by atoms with E-state index < -0.39 is 0 Å². The predicted octanol–water partition coefficient (Wildman–Crippen LogP) is 2.55. The summed E-state index contributed by atoms with van der Waals surface area (Å²) in [6.45, 7) is 1.88. The van der Waals surface area contributed by atoms with Gasteiger partial charge in [-0.1, -0.05) is 6.92 Å². The molecule has 82 valence electrons. The molecule has 1 atom stereocenters. The SMILES string of the molecule is COc1ccc2c(C(C)C=O)ccnc2c1. The molecule has 0 aliphatic heterocycles. The van der Waals surface area contributed by atoms with E-state index in [-0.39, 0.29) is 5.92 Å². The number of hydrogen-bond acceptors (Lipinski definition) is 3. The first-order valence-corrected chi connectivity index (χ1v) is 5.14. The van der Waals surface area contributed by atoms with Crippen LogP contribution in [0.25, 0.3) is 10.9 Å². The lowest BCUT2D eigenvalue weighted by Gasteiger charge is -2.09. The summed E-state index contributed by atoms with van der Waals surface area (Å²) in [6.07, 6.45) is 2.66. The monoisotopic (exact) mass is 215 g/mol. The molecule has 0 bridgehead atoms. The zero-order chi connectivity index (χ0) is 11.5. The maximum absolute atomic E-state index is 10.8. The van der Waals surface area contributed by atoms with Crippen molar-refractivity contribution in [3.8, 4) is 5.75 Å². The summed E-state index contributed by atoms with van der Waals surface area (Å²) in [7, 11) is 1.62. The number of fused-ring (bicyclic) bond motifs is 1. The summed E-state index contributed by atoms with van der Waals surface area (Å²) in [4.78, 5) is 15.1. The van der Waals surface area contributed by atoms with Crippen molar-refractivity contribution in [2.24, 2.45) is 0 Å². The molecule has 0 N–H and O–H groups in total. The Morgan fingerprint density at radius 1 is 1.38 bits per heavy atom. The highest BCUT2D eigenvalue weighted by atomic mass is 16.5. The van der Waals surface area contributed by atoms with Gasteiger partial charge in [-0.2, -0.15) is 0 Å². The molecule has 0 aliphatic rings. The number of nitrogens with zero attached hydrogens (tertiary/aromatic N) is 1. The molecular formula is C13H13NO2. The lowest BCUT2D eigenvalue weighted by molar-refractivity contribution is -0.108. The summed E-state index contributed by atoms with van der Waals surface area (Å²) in [5.74, 6) is 0.662. The number of ether oxygens (including phenoxy) is 1. The van der Waals surface area contributed by atoms with E-state index in [0.29, 0.717) is 0 Å². The molecule has 1 heterocycles. The molecule has 16 heavy (non-hydrogen) atoms. The van der Waals surface area contributed by atoms with Crippen LogP contribution < -0.4 is 4.74 Å². The number of pyridine rings is 1. The first kappa shape index (κ1) is 10.6. The predicted molar refractivity (Wildman–Crippen MR) is 62.8 cm³/mol. The van der Waals surface area contributed by atoms with Crippen LogP contribution >= 0.6 is 0 Å². The summed E-state index contributed by atoms with van der Waals surface area (Å²) in [6, 6.07) is 7.58. The Balaban J connectivity index is 2.64. The molecule has 0 saturated carbocycles. The van der Waals surface area contributed by atoms with Gasteiger partial charge in [0.2, 0.25) is 0 Å². The van der Waals surface area contributed by atoms with Crippen LogP contribution in [0.5, 0.6) is 5.75 Å². The van der Waals surface area contributed by atoms with E-state index in [1.807, 2.05) is 31.2 Å². The summed E-state index contributed by atoms with van der Waals surface area (Å²) >= 11 is 0. The number of aldehydes is 1. The standard InChI is InChI=1S/C13H13NO2/c1-9(8-15)11-5-6-14-13-7-10(16-2)3-4-12(11)13/h3-9H,1-2H3. The van der Waals surface area contributed by atoms with Crippen LogP contribution in [-0.2, 0) is 4.79 Å². The molecule has 3 nitrogen and oxygen atoms in total. The van der Waals surface area contributed by atoms with Gasteiger partial charge in [0.05, 0.1) is 12.6 Å². The summed E-state index contributed by atoms with van der Waals surface area (Å²) in [5, 5.41) is 1.00. The van der Waals surface area contributed by atoms with Crippen LogP contribution in [-0.4, -0.2) is 18.4 Å². The second kappa shape index (κ2) is 4.31. The molecule has 0 spiro atoms. The Hall–Kier alpha value is -1.90. The van der Waals surface area contributed by atoms with E-state index in [4.69, 9.17) is 4.74 Å². The Morgan fingerprint density at radius 2 is 2.19 bits per heavy atom. The van der Waals surface area contributed by atoms with Crippen molar-refractivity contribution in [2.75, 3.05) is 7.11 Å². The Labute approximate surface area is 94.1 Å². The van der Waals surface area contributed by atoms with Gasteiger partial charge < -0.3 is 9.53 Å². The highest BCUT2D eigenvalue weighted by Crippen LogP contribution is 2.25. The fourth-order valence-electron chi connectivity index (χ4n) is 1.75. The fraction of sp³-hybridized carbons (Fsp3) is 0.231. The van der Waals surface area contributed by atoms with Gasteiger partial charge in [-0.15, -0.1) is 0 Å². The van der Waals surface area contributed by atoms with Crippen molar-refractivity contribution < 1.29 is 9.53 Å². The maximum atomic E-state index is 10.8. The molecule has 1 aromatic heterocycles. The lowest BCUT2D eigenvalue weighted by atomic mass is 9.99. The first-order valence-electron chi connectivity index (χ1n) is 5.14. The van der Waals surface area contributed by atoms with Crippen molar-refractivity contribution in [1.29, 1.82) is 0 Å². The highest BCUT2D eigenvalue weighted by molar-refractivity contribution is 5.86. The average molecular weight is 215 g/mol.